The first kappa shape index (κ1) is 12.6. The minimum absolute atomic E-state index is 0.293. The van der Waals surface area contributed by atoms with Crippen molar-refractivity contribution in [3.63, 3.8) is 0 Å². The summed E-state index contributed by atoms with van der Waals surface area (Å²) in [4.78, 5) is 11.8. The van der Waals surface area contributed by atoms with E-state index in [1.807, 2.05) is 0 Å². The first-order valence-electron chi connectivity index (χ1n) is 8.14. The van der Waals surface area contributed by atoms with Crippen LogP contribution >= 0.6 is 0 Å². The molecule has 0 aliphatic heterocycles. The number of ketones is 1. The average molecular weight is 268 g/mol. The van der Waals surface area contributed by atoms with E-state index in [0.29, 0.717) is 22.5 Å². The minimum Gasteiger partial charge on any atom is -0.299 e. The van der Waals surface area contributed by atoms with E-state index in [2.05, 4.69) is 38.2 Å². The summed E-state index contributed by atoms with van der Waals surface area (Å²) in [5, 5.41) is 0. The monoisotopic (exact) mass is 268 g/mol. The van der Waals surface area contributed by atoms with Crippen molar-refractivity contribution in [2.75, 3.05) is 0 Å². The Morgan fingerprint density at radius 1 is 1.25 bits per heavy atom. The van der Waals surface area contributed by atoms with E-state index in [1.165, 1.54) is 18.4 Å². The molecule has 0 bridgehead atoms. The predicted molar refractivity (Wildman–Crippen MR) is 81.2 cm³/mol. The smallest absolute Gasteiger partial charge is 0.136 e. The summed E-state index contributed by atoms with van der Waals surface area (Å²) in [6.45, 7) is 4.85. The molecule has 1 heteroatoms. The zero-order valence-corrected chi connectivity index (χ0v) is 12.6. The molecule has 4 rings (SSSR count). The molecule has 4 aliphatic carbocycles. The predicted octanol–water partition coefficient (Wildman–Crippen LogP) is 4.60. The summed E-state index contributed by atoms with van der Waals surface area (Å²) in [6, 6.07) is 0. The van der Waals surface area contributed by atoms with E-state index in [0.717, 1.165) is 31.6 Å². The lowest BCUT2D eigenvalue weighted by molar-refractivity contribution is -0.121. The maximum atomic E-state index is 11.8. The number of hydrogen-bond acceptors (Lipinski definition) is 1. The van der Waals surface area contributed by atoms with E-state index in [1.54, 1.807) is 5.57 Å². The fourth-order valence-electron chi connectivity index (χ4n) is 5.41. The number of rotatable bonds is 0. The van der Waals surface area contributed by atoms with Gasteiger partial charge in [0.2, 0.25) is 0 Å². The van der Waals surface area contributed by atoms with Gasteiger partial charge in [-0.1, -0.05) is 49.3 Å². The Bertz CT molecular complexity index is 564. The van der Waals surface area contributed by atoms with E-state index >= 15 is 0 Å². The fraction of sp³-hybridized carbons (Fsp3) is 0.632. The van der Waals surface area contributed by atoms with Crippen molar-refractivity contribution < 1.29 is 4.79 Å². The van der Waals surface area contributed by atoms with Crippen LogP contribution in [0.5, 0.6) is 0 Å². The Morgan fingerprint density at radius 2 is 2.10 bits per heavy atom. The molecule has 20 heavy (non-hydrogen) atoms. The lowest BCUT2D eigenvalue weighted by Crippen LogP contribution is -2.46. The van der Waals surface area contributed by atoms with Gasteiger partial charge in [0, 0.05) is 18.3 Å². The zero-order chi connectivity index (χ0) is 14.0. The molecule has 4 unspecified atom stereocenters. The lowest BCUT2D eigenvalue weighted by Gasteiger charge is -2.54. The van der Waals surface area contributed by atoms with Gasteiger partial charge in [-0.15, -0.1) is 0 Å². The molecule has 0 spiro atoms. The number of carbonyl (C=O) groups is 1. The van der Waals surface area contributed by atoms with Crippen LogP contribution in [-0.2, 0) is 4.79 Å². The molecule has 1 nitrogen and oxygen atoms in total. The summed E-state index contributed by atoms with van der Waals surface area (Å²) in [6.07, 6.45) is 15.9. The van der Waals surface area contributed by atoms with Gasteiger partial charge >= 0.3 is 0 Å². The van der Waals surface area contributed by atoms with Gasteiger partial charge in [0.05, 0.1) is 0 Å². The molecule has 0 radical (unpaired) electrons. The molecule has 2 saturated carbocycles. The molecule has 0 aromatic heterocycles. The molecule has 0 saturated heterocycles. The summed E-state index contributed by atoms with van der Waals surface area (Å²) in [7, 11) is 0. The van der Waals surface area contributed by atoms with Crippen LogP contribution in [0.25, 0.3) is 0 Å². The van der Waals surface area contributed by atoms with E-state index in [-0.39, 0.29) is 0 Å². The summed E-state index contributed by atoms with van der Waals surface area (Å²) in [5.74, 6) is 1.93. The second-order valence-corrected chi connectivity index (χ2v) is 7.75. The van der Waals surface area contributed by atoms with Gasteiger partial charge in [-0.05, 0) is 42.9 Å². The second kappa shape index (κ2) is 3.96. The van der Waals surface area contributed by atoms with E-state index < -0.39 is 0 Å². The van der Waals surface area contributed by atoms with Gasteiger partial charge in [0.25, 0.3) is 0 Å². The van der Waals surface area contributed by atoms with Gasteiger partial charge in [-0.25, -0.2) is 0 Å². The van der Waals surface area contributed by atoms with Crippen molar-refractivity contribution in [1.82, 2.24) is 0 Å². The molecule has 4 aliphatic rings. The molecule has 0 aromatic rings. The number of allylic oxidation sites excluding steroid dienone is 6. The molecule has 0 heterocycles. The van der Waals surface area contributed by atoms with Crippen molar-refractivity contribution in [3.05, 3.63) is 35.5 Å². The van der Waals surface area contributed by atoms with Crippen molar-refractivity contribution in [2.45, 2.75) is 52.4 Å². The quantitative estimate of drug-likeness (QED) is 0.587. The zero-order valence-electron chi connectivity index (χ0n) is 12.6. The van der Waals surface area contributed by atoms with Gasteiger partial charge in [0.1, 0.15) is 5.78 Å². The molecule has 2 fully saturated rings. The van der Waals surface area contributed by atoms with Gasteiger partial charge in [-0.3, -0.25) is 4.79 Å². The third-order valence-corrected chi connectivity index (χ3v) is 6.74. The van der Waals surface area contributed by atoms with Crippen LogP contribution in [0.15, 0.2) is 35.5 Å². The van der Waals surface area contributed by atoms with Crippen molar-refractivity contribution in [3.8, 4) is 0 Å². The van der Waals surface area contributed by atoms with Crippen LogP contribution in [0.3, 0.4) is 0 Å². The Morgan fingerprint density at radius 3 is 2.95 bits per heavy atom. The van der Waals surface area contributed by atoms with Gasteiger partial charge in [-0.2, -0.15) is 0 Å². The highest BCUT2D eigenvalue weighted by Crippen LogP contribution is 2.61. The van der Waals surface area contributed by atoms with Crippen LogP contribution in [-0.4, -0.2) is 5.78 Å². The van der Waals surface area contributed by atoms with Crippen LogP contribution < -0.4 is 0 Å². The average Bonchev–Trinajstić information content (AvgIpc) is 2.81. The number of carbonyl (C=O) groups excluding carboxylic acids is 1. The number of fused-ring (bicyclic) bond motifs is 5. The first-order valence-corrected chi connectivity index (χ1v) is 8.14. The Balaban J connectivity index is 1.74. The molecule has 0 N–H and O–H groups in total. The lowest BCUT2D eigenvalue weighted by atomic mass is 9.50. The van der Waals surface area contributed by atoms with Crippen LogP contribution in [0.1, 0.15) is 52.4 Å². The van der Waals surface area contributed by atoms with Crippen LogP contribution in [0, 0.1) is 22.7 Å². The molecule has 106 valence electrons. The maximum absolute atomic E-state index is 11.8. The summed E-state index contributed by atoms with van der Waals surface area (Å²) < 4.78 is 0. The van der Waals surface area contributed by atoms with Crippen molar-refractivity contribution in [2.24, 2.45) is 22.7 Å². The topological polar surface area (TPSA) is 17.1 Å². The van der Waals surface area contributed by atoms with Crippen molar-refractivity contribution in [1.29, 1.82) is 0 Å². The Kier molecular flexibility index (Phi) is 2.50. The van der Waals surface area contributed by atoms with E-state index in [4.69, 9.17) is 0 Å². The van der Waals surface area contributed by atoms with E-state index in [9.17, 15) is 4.79 Å². The minimum atomic E-state index is 0.293. The maximum Gasteiger partial charge on any atom is 0.136 e. The highest BCUT2D eigenvalue weighted by Gasteiger charge is 2.52. The molecular weight excluding hydrogens is 244 g/mol. The van der Waals surface area contributed by atoms with Crippen molar-refractivity contribution >= 4 is 5.78 Å². The van der Waals surface area contributed by atoms with Gasteiger partial charge < -0.3 is 0 Å². The summed E-state index contributed by atoms with van der Waals surface area (Å²) in [5.41, 5.74) is 3.75. The third kappa shape index (κ3) is 1.52. The van der Waals surface area contributed by atoms with Crippen LogP contribution in [0.2, 0.25) is 0 Å². The number of Topliss-reactive ketones (excluding diaryl/α,β-unsaturated/α-hetero) is 1. The SMILES string of the molecule is CC12C=CC=C1C1CC=C3CC(=O)CCC3(C)C1CC2. The molecule has 0 aromatic carbocycles. The van der Waals surface area contributed by atoms with Crippen LogP contribution in [0.4, 0.5) is 0 Å². The second-order valence-electron chi connectivity index (χ2n) is 7.75. The third-order valence-electron chi connectivity index (χ3n) is 6.74. The molecular formula is C19H24O. The standard InChI is InChI=1S/C19H24O/c1-18-9-3-4-16(18)15-6-5-13-12-14(20)7-11-19(13,2)17(15)8-10-18/h3-5,9,15,17H,6-8,10-12H2,1-2H3. The highest BCUT2D eigenvalue weighted by molar-refractivity contribution is 5.82. The molecule has 0 amide bonds. The number of hydrogen-bond donors (Lipinski definition) is 0. The largest absolute Gasteiger partial charge is 0.299 e. The van der Waals surface area contributed by atoms with Gasteiger partial charge in [0.15, 0.2) is 0 Å². The fourth-order valence-corrected chi connectivity index (χ4v) is 5.41. The summed E-state index contributed by atoms with van der Waals surface area (Å²) >= 11 is 0. The normalized spacial score (nSPS) is 46.2. The Hall–Kier alpha value is -1.11. The highest BCUT2D eigenvalue weighted by atomic mass is 16.1. The Labute approximate surface area is 121 Å². The first-order chi connectivity index (χ1) is 9.53. The molecule has 4 atom stereocenters.